The lowest BCUT2D eigenvalue weighted by atomic mass is 10.4. The lowest BCUT2D eigenvalue weighted by Gasteiger charge is -2.15. The third kappa shape index (κ3) is 2.80. The Morgan fingerprint density at radius 2 is 1.70 bits per heavy atom. The quantitative estimate of drug-likeness (QED) is 0.840. The van der Waals surface area contributed by atoms with Crippen molar-refractivity contribution in [1.82, 2.24) is 10.2 Å². The van der Waals surface area contributed by atoms with Gasteiger partial charge in [0.15, 0.2) is 0 Å². The molecule has 1 heterocycles. The van der Waals surface area contributed by atoms with Crippen LogP contribution in [0, 0.1) is 0 Å². The molecular formula is C9H10N4O4S3. The minimum atomic E-state index is -4.00. The zero-order valence-corrected chi connectivity index (χ0v) is 12.6. The lowest BCUT2D eigenvalue weighted by Crippen LogP contribution is -2.26. The van der Waals surface area contributed by atoms with E-state index in [1.807, 2.05) is 0 Å². The first-order chi connectivity index (χ1) is 9.23. The van der Waals surface area contributed by atoms with Crippen LogP contribution < -0.4 is 9.44 Å². The predicted octanol–water partition coefficient (Wildman–Crippen LogP) is 0.0106. The number of hydrogen-bond acceptors (Lipinski definition) is 7. The van der Waals surface area contributed by atoms with E-state index in [2.05, 4.69) is 10.2 Å². The Labute approximate surface area is 120 Å². The second-order valence-corrected chi connectivity index (χ2v) is 8.34. The third-order valence-electron chi connectivity index (χ3n) is 2.31. The van der Waals surface area contributed by atoms with Crippen LogP contribution in [-0.2, 0) is 20.0 Å². The normalized spacial score (nSPS) is 12.3. The molecule has 0 amide bonds. The molecule has 0 spiro atoms. The first kappa shape index (κ1) is 14.8. The van der Waals surface area contributed by atoms with Crippen LogP contribution >= 0.6 is 11.3 Å². The number of sulfonamides is 2. The fraction of sp³-hybridized carbons (Fsp3) is 0.111. The smallest absolute Gasteiger partial charge is 0.243 e. The number of benzene rings is 1. The molecule has 1 aromatic heterocycles. The van der Waals surface area contributed by atoms with E-state index in [1.54, 1.807) is 18.2 Å². The van der Waals surface area contributed by atoms with Gasteiger partial charge < -0.3 is 0 Å². The van der Waals surface area contributed by atoms with E-state index in [1.165, 1.54) is 19.2 Å². The highest BCUT2D eigenvalue weighted by Gasteiger charge is 2.25. The van der Waals surface area contributed by atoms with Crippen molar-refractivity contribution >= 4 is 36.5 Å². The number of rotatable bonds is 4. The topological polar surface area (TPSA) is 123 Å². The van der Waals surface area contributed by atoms with E-state index in [4.69, 9.17) is 5.14 Å². The standard InChI is InChI=1S/C9H10N4O4S3/c1-13(8-11-12-9(18-8)19(10,14)15)20(16,17)7-5-3-2-4-6-7/h2-6H,1H3,(H2,10,14,15). The van der Waals surface area contributed by atoms with Crippen molar-refractivity contribution < 1.29 is 16.8 Å². The highest BCUT2D eigenvalue weighted by atomic mass is 32.2. The van der Waals surface area contributed by atoms with Crippen molar-refractivity contribution in [3.63, 3.8) is 0 Å². The molecule has 0 aliphatic heterocycles. The van der Waals surface area contributed by atoms with Crippen LogP contribution in [0.5, 0.6) is 0 Å². The number of aromatic nitrogens is 2. The van der Waals surface area contributed by atoms with Gasteiger partial charge in [0.25, 0.3) is 20.0 Å². The lowest BCUT2D eigenvalue weighted by molar-refractivity contribution is 0.594. The Morgan fingerprint density at radius 1 is 1.10 bits per heavy atom. The van der Waals surface area contributed by atoms with Crippen molar-refractivity contribution in [2.75, 3.05) is 11.4 Å². The number of nitrogens with zero attached hydrogens (tertiary/aromatic N) is 3. The Morgan fingerprint density at radius 3 is 2.20 bits per heavy atom. The van der Waals surface area contributed by atoms with Crippen LogP contribution in [0.15, 0.2) is 39.6 Å². The van der Waals surface area contributed by atoms with E-state index in [0.29, 0.717) is 11.3 Å². The van der Waals surface area contributed by atoms with Crippen molar-refractivity contribution in [1.29, 1.82) is 0 Å². The van der Waals surface area contributed by atoms with Crippen LogP contribution in [0.4, 0.5) is 5.13 Å². The third-order valence-corrected chi connectivity index (χ3v) is 6.50. The number of anilines is 1. The Balaban J connectivity index is 2.42. The average molecular weight is 334 g/mol. The highest BCUT2D eigenvalue weighted by Crippen LogP contribution is 2.26. The van der Waals surface area contributed by atoms with Crippen LogP contribution in [-0.4, -0.2) is 34.1 Å². The Hall–Kier alpha value is -1.56. The highest BCUT2D eigenvalue weighted by molar-refractivity contribution is 7.93. The van der Waals surface area contributed by atoms with E-state index >= 15 is 0 Å². The summed E-state index contributed by atoms with van der Waals surface area (Å²) >= 11 is 0.581. The molecule has 0 radical (unpaired) electrons. The van der Waals surface area contributed by atoms with Crippen molar-refractivity contribution in [3.8, 4) is 0 Å². The van der Waals surface area contributed by atoms with Gasteiger partial charge in [-0.3, -0.25) is 0 Å². The SMILES string of the molecule is CN(c1nnc(S(N)(=O)=O)s1)S(=O)(=O)c1ccccc1. The monoisotopic (exact) mass is 334 g/mol. The maximum absolute atomic E-state index is 12.3. The molecule has 0 bridgehead atoms. The molecule has 8 nitrogen and oxygen atoms in total. The maximum atomic E-state index is 12.3. The summed E-state index contributed by atoms with van der Waals surface area (Å²) in [6.45, 7) is 0. The van der Waals surface area contributed by atoms with Crippen LogP contribution in [0.3, 0.4) is 0 Å². The zero-order chi connectivity index (χ0) is 15.0. The molecule has 108 valence electrons. The summed E-state index contributed by atoms with van der Waals surface area (Å²) in [5.74, 6) is 0. The minimum Gasteiger partial charge on any atom is -0.243 e. The van der Waals surface area contributed by atoms with E-state index in [-0.39, 0.29) is 10.0 Å². The summed E-state index contributed by atoms with van der Waals surface area (Å²) < 4.78 is 47.2. The molecule has 1 aromatic carbocycles. The molecule has 0 saturated carbocycles. The molecule has 20 heavy (non-hydrogen) atoms. The van der Waals surface area contributed by atoms with Crippen molar-refractivity contribution in [3.05, 3.63) is 30.3 Å². The van der Waals surface area contributed by atoms with E-state index in [0.717, 1.165) is 4.31 Å². The minimum absolute atomic E-state index is 0.0647. The summed E-state index contributed by atoms with van der Waals surface area (Å²) in [7, 11) is -6.56. The molecule has 0 aliphatic rings. The molecule has 2 N–H and O–H groups in total. The molecular weight excluding hydrogens is 324 g/mol. The van der Waals surface area contributed by atoms with Gasteiger partial charge in [-0.05, 0) is 12.1 Å². The van der Waals surface area contributed by atoms with Gasteiger partial charge >= 0.3 is 0 Å². The first-order valence-corrected chi connectivity index (χ1v) is 8.93. The summed E-state index contributed by atoms with van der Waals surface area (Å²) in [4.78, 5) is 0.0647. The second kappa shape index (κ2) is 5.09. The molecule has 2 rings (SSSR count). The summed E-state index contributed by atoms with van der Waals surface area (Å²) in [6, 6.07) is 7.69. The van der Waals surface area contributed by atoms with Gasteiger partial charge in [-0.2, -0.15) is 0 Å². The molecule has 0 unspecified atom stereocenters. The molecule has 0 fully saturated rings. The van der Waals surface area contributed by atoms with Gasteiger partial charge in [-0.15, -0.1) is 10.2 Å². The Kier molecular flexibility index (Phi) is 3.77. The number of nitrogens with two attached hydrogens (primary N) is 1. The van der Waals surface area contributed by atoms with Gasteiger partial charge in [0.1, 0.15) is 0 Å². The van der Waals surface area contributed by atoms with Gasteiger partial charge in [-0.1, -0.05) is 29.5 Å². The number of primary sulfonamides is 1. The van der Waals surface area contributed by atoms with Crippen molar-refractivity contribution in [2.45, 2.75) is 9.24 Å². The van der Waals surface area contributed by atoms with Gasteiger partial charge in [-0.25, -0.2) is 26.3 Å². The molecule has 0 aliphatic carbocycles. The molecule has 11 heteroatoms. The summed E-state index contributed by atoms with van der Waals surface area (Å²) in [5, 5.41) is 11.7. The fourth-order valence-corrected chi connectivity index (χ4v) is 4.05. The largest absolute Gasteiger partial charge is 0.267 e. The molecule has 0 saturated heterocycles. The maximum Gasteiger partial charge on any atom is 0.267 e. The second-order valence-electron chi connectivity index (χ2n) is 3.68. The summed E-state index contributed by atoms with van der Waals surface area (Å²) in [5.41, 5.74) is 0. The molecule has 2 aromatic rings. The zero-order valence-electron chi connectivity index (χ0n) is 10.2. The fourth-order valence-electron chi connectivity index (χ4n) is 1.30. The first-order valence-electron chi connectivity index (χ1n) is 5.13. The van der Waals surface area contributed by atoms with Crippen LogP contribution in [0.1, 0.15) is 0 Å². The molecule has 0 atom stereocenters. The van der Waals surface area contributed by atoms with Crippen molar-refractivity contribution in [2.24, 2.45) is 5.14 Å². The summed E-state index contributed by atoms with van der Waals surface area (Å²) in [6.07, 6.45) is 0. The Bertz CT molecular complexity index is 814. The van der Waals surface area contributed by atoms with E-state index < -0.39 is 24.4 Å². The van der Waals surface area contributed by atoms with Gasteiger partial charge in [0.2, 0.25) is 9.47 Å². The van der Waals surface area contributed by atoms with E-state index in [9.17, 15) is 16.8 Å². The van der Waals surface area contributed by atoms with Crippen LogP contribution in [0.25, 0.3) is 0 Å². The van der Waals surface area contributed by atoms with Gasteiger partial charge in [0.05, 0.1) is 4.90 Å². The van der Waals surface area contributed by atoms with Gasteiger partial charge in [0, 0.05) is 7.05 Å². The number of hydrogen-bond donors (Lipinski definition) is 1. The predicted molar refractivity (Wildman–Crippen MR) is 73.3 cm³/mol. The average Bonchev–Trinajstić information content (AvgIpc) is 2.88. The van der Waals surface area contributed by atoms with Crippen LogP contribution in [0.2, 0.25) is 0 Å².